The Morgan fingerprint density at radius 1 is 1.00 bits per heavy atom. The maximum Gasteiger partial charge on any atom is 0.234 e. The Hall–Kier alpha value is -2.21. The van der Waals surface area contributed by atoms with Crippen LogP contribution in [0.1, 0.15) is 56.0 Å². The third kappa shape index (κ3) is 7.08. The van der Waals surface area contributed by atoms with Crippen molar-refractivity contribution in [3.63, 3.8) is 0 Å². The Labute approximate surface area is 168 Å². The van der Waals surface area contributed by atoms with E-state index in [1.165, 1.54) is 5.56 Å². The van der Waals surface area contributed by atoms with Gasteiger partial charge in [-0.05, 0) is 25.8 Å². The summed E-state index contributed by atoms with van der Waals surface area (Å²) in [6.45, 7) is 8.96. The molecule has 1 aliphatic heterocycles. The Bertz CT molecular complexity index is 662. The molecule has 0 bridgehead atoms. The van der Waals surface area contributed by atoms with Gasteiger partial charge in [0.25, 0.3) is 0 Å². The van der Waals surface area contributed by atoms with Crippen LogP contribution >= 0.6 is 0 Å². The van der Waals surface area contributed by atoms with E-state index in [4.69, 9.17) is 0 Å². The predicted molar refractivity (Wildman–Crippen MR) is 110 cm³/mol. The van der Waals surface area contributed by atoms with Gasteiger partial charge in [0.1, 0.15) is 0 Å². The van der Waals surface area contributed by atoms with Gasteiger partial charge in [-0.3, -0.25) is 19.3 Å². The second kappa shape index (κ2) is 11.0. The number of hydrogen-bond acceptors (Lipinski definition) is 4. The topological polar surface area (TPSA) is 69.7 Å². The van der Waals surface area contributed by atoms with Crippen LogP contribution in [0, 0.1) is 0 Å². The van der Waals surface area contributed by atoms with Gasteiger partial charge in [0.05, 0.1) is 6.54 Å². The number of Topliss-reactive ketones (excluding diaryl/α,β-unsaturated/α-hetero) is 1. The average Bonchev–Trinajstić information content (AvgIpc) is 2.66. The first kappa shape index (κ1) is 22.1. The lowest BCUT2D eigenvalue weighted by Gasteiger charge is -2.34. The van der Waals surface area contributed by atoms with Crippen molar-refractivity contribution >= 4 is 17.6 Å². The van der Waals surface area contributed by atoms with Gasteiger partial charge in [-0.25, -0.2) is 0 Å². The zero-order valence-corrected chi connectivity index (χ0v) is 17.4. The largest absolute Gasteiger partial charge is 0.353 e. The minimum absolute atomic E-state index is 0.0143. The molecule has 6 nitrogen and oxygen atoms in total. The Kier molecular flexibility index (Phi) is 8.64. The Balaban J connectivity index is 1.72. The fourth-order valence-electron chi connectivity index (χ4n) is 3.39. The van der Waals surface area contributed by atoms with E-state index >= 15 is 0 Å². The first-order chi connectivity index (χ1) is 13.4. The molecule has 1 aromatic carbocycles. The number of nitrogens with one attached hydrogen (secondary N) is 1. The SMILES string of the molecule is CCCc1ccc(C(=O)CCC(=O)N2CCN(CC(=O)NC(C)C)CC2)cc1. The summed E-state index contributed by atoms with van der Waals surface area (Å²) in [7, 11) is 0. The molecule has 2 rings (SSSR count). The summed E-state index contributed by atoms with van der Waals surface area (Å²) in [5.74, 6) is 0.0490. The van der Waals surface area contributed by atoms with Crippen LogP contribution in [0.2, 0.25) is 0 Å². The average molecular weight is 388 g/mol. The minimum Gasteiger partial charge on any atom is -0.353 e. The monoisotopic (exact) mass is 387 g/mol. The molecule has 1 heterocycles. The molecular weight excluding hydrogens is 354 g/mol. The number of benzene rings is 1. The zero-order valence-electron chi connectivity index (χ0n) is 17.4. The van der Waals surface area contributed by atoms with Gasteiger partial charge in [0.2, 0.25) is 11.8 Å². The standard InChI is InChI=1S/C22H33N3O3/c1-4-5-18-6-8-19(9-7-18)20(26)10-11-22(28)25-14-12-24(13-15-25)16-21(27)23-17(2)3/h6-9,17H,4-5,10-16H2,1-3H3,(H,23,27). The van der Waals surface area contributed by atoms with Crippen molar-refractivity contribution in [3.05, 3.63) is 35.4 Å². The summed E-state index contributed by atoms with van der Waals surface area (Å²) in [6.07, 6.45) is 2.57. The lowest BCUT2D eigenvalue weighted by atomic mass is 10.0. The van der Waals surface area contributed by atoms with Crippen molar-refractivity contribution in [3.8, 4) is 0 Å². The molecule has 2 amide bonds. The highest BCUT2D eigenvalue weighted by Gasteiger charge is 2.23. The zero-order chi connectivity index (χ0) is 20.5. The van der Waals surface area contributed by atoms with E-state index in [1.54, 1.807) is 4.90 Å². The molecule has 0 spiro atoms. The number of carbonyl (C=O) groups is 3. The summed E-state index contributed by atoms with van der Waals surface area (Å²) in [5.41, 5.74) is 1.91. The third-order valence-electron chi connectivity index (χ3n) is 4.92. The lowest BCUT2D eigenvalue weighted by Crippen LogP contribution is -2.51. The molecular formula is C22H33N3O3. The van der Waals surface area contributed by atoms with E-state index in [0.29, 0.717) is 38.3 Å². The molecule has 1 N–H and O–H groups in total. The van der Waals surface area contributed by atoms with Crippen LogP contribution in [0.4, 0.5) is 0 Å². The maximum atomic E-state index is 12.4. The molecule has 154 valence electrons. The van der Waals surface area contributed by atoms with Crippen molar-refractivity contribution in [2.24, 2.45) is 0 Å². The number of aryl methyl sites for hydroxylation is 1. The van der Waals surface area contributed by atoms with Crippen LogP contribution in [0.5, 0.6) is 0 Å². The number of piperazine rings is 1. The van der Waals surface area contributed by atoms with Gasteiger partial charge in [-0.15, -0.1) is 0 Å². The summed E-state index contributed by atoms with van der Waals surface area (Å²) >= 11 is 0. The van der Waals surface area contributed by atoms with Crippen LogP contribution in [0.3, 0.4) is 0 Å². The molecule has 6 heteroatoms. The van der Waals surface area contributed by atoms with Crippen molar-refractivity contribution < 1.29 is 14.4 Å². The van der Waals surface area contributed by atoms with Gasteiger partial charge in [0, 0.05) is 50.6 Å². The van der Waals surface area contributed by atoms with Gasteiger partial charge in [-0.1, -0.05) is 37.6 Å². The molecule has 0 atom stereocenters. The third-order valence-corrected chi connectivity index (χ3v) is 4.92. The summed E-state index contributed by atoms with van der Waals surface area (Å²) < 4.78 is 0. The Morgan fingerprint density at radius 2 is 1.64 bits per heavy atom. The number of hydrogen-bond donors (Lipinski definition) is 1. The fourth-order valence-corrected chi connectivity index (χ4v) is 3.39. The minimum atomic E-state index is 0.0143. The van der Waals surface area contributed by atoms with E-state index in [-0.39, 0.29) is 36.5 Å². The molecule has 1 fully saturated rings. The molecule has 28 heavy (non-hydrogen) atoms. The van der Waals surface area contributed by atoms with E-state index in [0.717, 1.165) is 12.8 Å². The normalized spacial score (nSPS) is 14.9. The molecule has 0 unspecified atom stereocenters. The number of rotatable bonds is 9. The van der Waals surface area contributed by atoms with Gasteiger partial charge in [0.15, 0.2) is 5.78 Å². The van der Waals surface area contributed by atoms with Crippen molar-refractivity contribution in [2.75, 3.05) is 32.7 Å². The van der Waals surface area contributed by atoms with Gasteiger partial charge >= 0.3 is 0 Å². The molecule has 0 aliphatic carbocycles. The van der Waals surface area contributed by atoms with Crippen molar-refractivity contribution in [1.82, 2.24) is 15.1 Å². The van der Waals surface area contributed by atoms with E-state index < -0.39 is 0 Å². The Morgan fingerprint density at radius 3 is 2.21 bits per heavy atom. The first-order valence-electron chi connectivity index (χ1n) is 10.3. The van der Waals surface area contributed by atoms with Crippen molar-refractivity contribution in [2.45, 2.75) is 52.5 Å². The maximum absolute atomic E-state index is 12.4. The van der Waals surface area contributed by atoms with Crippen molar-refractivity contribution in [1.29, 1.82) is 0 Å². The highest BCUT2D eigenvalue weighted by molar-refractivity contribution is 5.98. The van der Waals surface area contributed by atoms with Gasteiger partial charge < -0.3 is 10.2 Å². The lowest BCUT2D eigenvalue weighted by molar-refractivity contribution is -0.133. The predicted octanol–water partition coefficient (Wildman–Crippen LogP) is 2.27. The van der Waals surface area contributed by atoms with Crippen LogP contribution in [-0.4, -0.2) is 66.2 Å². The summed E-state index contributed by atoms with van der Waals surface area (Å²) in [6, 6.07) is 7.84. The van der Waals surface area contributed by atoms with E-state index in [2.05, 4.69) is 17.1 Å². The second-order valence-electron chi connectivity index (χ2n) is 7.75. The molecule has 1 aliphatic rings. The van der Waals surface area contributed by atoms with E-state index in [1.807, 2.05) is 38.1 Å². The number of nitrogens with zero attached hydrogens (tertiary/aromatic N) is 2. The van der Waals surface area contributed by atoms with Gasteiger partial charge in [-0.2, -0.15) is 0 Å². The second-order valence-corrected chi connectivity index (χ2v) is 7.75. The summed E-state index contributed by atoms with van der Waals surface area (Å²) in [4.78, 5) is 40.5. The van der Waals surface area contributed by atoms with Crippen LogP contribution in [0.15, 0.2) is 24.3 Å². The molecule has 0 saturated carbocycles. The number of ketones is 1. The quantitative estimate of drug-likeness (QED) is 0.660. The molecule has 1 saturated heterocycles. The highest BCUT2D eigenvalue weighted by atomic mass is 16.2. The first-order valence-corrected chi connectivity index (χ1v) is 10.3. The number of amides is 2. The smallest absolute Gasteiger partial charge is 0.234 e. The summed E-state index contributed by atoms with van der Waals surface area (Å²) in [5, 5.41) is 2.88. The van der Waals surface area contributed by atoms with Crippen LogP contribution in [-0.2, 0) is 16.0 Å². The highest BCUT2D eigenvalue weighted by Crippen LogP contribution is 2.11. The van der Waals surface area contributed by atoms with Crippen LogP contribution in [0.25, 0.3) is 0 Å². The fraction of sp³-hybridized carbons (Fsp3) is 0.591. The molecule has 0 radical (unpaired) electrons. The van der Waals surface area contributed by atoms with Crippen LogP contribution < -0.4 is 5.32 Å². The van der Waals surface area contributed by atoms with E-state index in [9.17, 15) is 14.4 Å². The molecule has 1 aromatic rings. The molecule has 0 aromatic heterocycles. The number of carbonyl (C=O) groups excluding carboxylic acids is 3.